The molecule has 0 nitrogen and oxygen atoms in total. The predicted molar refractivity (Wildman–Crippen MR) is 96.3 cm³/mol. The molecular weight excluding hydrogens is 324 g/mol. The lowest BCUT2D eigenvalue weighted by molar-refractivity contribution is 1.57. The van der Waals surface area contributed by atoms with Crippen LogP contribution in [0.15, 0.2) is 83.3 Å². The van der Waals surface area contributed by atoms with Crippen molar-refractivity contribution in [1.29, 1.82) is 0 Å². The molecule has 0 amide bonds. The highest BCUT2D eigenvalue weighted by Gasteiger charge is 2.05. The van der Waals surface area contributed by atoms with Gasteiger partial charge in [-0.3, -0.25) is 0 Å². The van der Waals surface area contributed by atoms with Crippen LogP contribution in [0.5, 0.6) is 0 Å². The Bertz CT molecular complexity index is 675. The summed E-state index contributed by atoms with van der Waals surface area (Å²) in [6, 6.07) is 27.5. The molecule has 0 saturated heterocycles. The van der Waals surface area contributed by atoms with Crippen LogP contribution in [0, 0.1) is 0 Å². The van der Waals surface area contributed by atoms with Crippen LogP contribution in [-0.2, 0) is 0 Å². The molecule has 0 aromatic heterocycles. The highest BCUT2D eigenvalue weighted by atomic mass is 79.9. The lowest BCUT2D eigenvalue weighted by atomic mass is 9.95. The zero-order valence-electron chi connectivity index (χ0n) is 10.4. The van der Waals surface area contributed by atoms with Crippen molar-refractivity contribution >= 4 is 26.9 Å². The largest absolute Gasteiger partial charge is 0.0622 e. The Morgan fingerprint density at radius 3 is 1.50 bits per heavy atom. The second-order valence-electron chi connectivity index (χ2n) is 4.42. The summed E-state index contributed by atoms with van der Waals surface area (Å²) in [5.41, 5.74) is 5.02. The second-order valence-corrected chi connectivity index (χ2v) is 5.33. The van der Waals surface area contributed by atoms with Crippen molar-refractivity contribution < 1.29 is 0 Å². The van der Waals surface area contributed by atoms with Crippen molar-refractivity contribution in [3.05, 3.63) is 83.3 Å². The van der Waals surface area contributed by atoms with Crippen molar-refractivity contribution in [2.75, 3.05) is 0 Å². The van der Waals surface area contributed by atoms with E-state index >= 15 is 0 Å². The highest BCUT2D eigenvalue weighted by molar-refractivity contribution is 9.10. The van der Waals surface area contributed by atoms with Crippen LogP contribution in [0.25, 0.3) is 22.3 Å². The monoisotopic (exact) mass is 340 g/mol. The molecule has 20 heavy (non-hydrogen) atoms. The molecule has 0 atom stereocenters. The maximum Gasteiger partial charge on any atom is 0.0175 e. The molecule has 3 aromatic carbocycles. The van der Waals surface area contributed by atoms with Gasteiger partial charge in [0.2, 0.25) is 0 Å². The van der Waals surface area contributed by atoms with E-state index in [0.29, 0.717) is 0 Å². The van der Waals surface area contributed by atoms with Gasteiger partial charge < -0.3 is 0 Å². The lowest BCUT2D eigenvalue weighted by Crippen LogP contribution is -1.84. The second kappa shape index (κ2) is 6.68. The predicted octanol–water partition coefficient (Wildman–Crippen LogP) is 4.33. The van der Waals surface area contributed by atoms with Gasteiger partial charge >= 0.3 is 0 Å². The third kappa shape index (κ3) is 3.09. The molecule has 0 aliphatic rings. The third-order valence-corrected chi connectivity index (χ3v) is 3.70. The Hall–Kier alpha value is -1.64. The molecular formula is C18H17BrSi. The fourth-order valence-corrected chi connectivity index (χ4v) is 2.50. The number of halogens is 1. The third-order valence-electron chi connectivity index (χ3n) is 3.17. The summed E-state index contributed by atoms with van der Waals surface area (Å²) in [6.45, 7) is 0. The molecule has 0 aliphatic carbocycles. The molecule has 0 saturated carbocycles. The smallest absolute Gasteiger partial charge is 0.0175 e. The molecule has 2 heteroatoms. The molecule has 0 fully saturated rings. The molecule has 0 heterocycles. The summed E-state index contributed by atoms with van der Waals surface area (Å²) < 4.78 is 1.11. The van der Waals surface area contributed by atoms with Gasteiger partial charge in [-0.15, -0.1) is 0 Å². The van der Waals surface area contributed by atoms with Crippen molar-refractivity contribution in [1.82, 2.24) is 0 Å². The maximum absolute atomic E-state index is 3.48. The van der Waals surface area contributed by atoms with E-state index in [9.17, 15) is 0 Å². The number of hydrogen-bond acceptors (Lipinski definition) is 0. The first kappa shape index (κ1) is 14.8. The first-order chi connectivity index (χ1) is 9.34. The standard InChI is InChI=1S/C18H13Br.H4Si/c19-16-12-10-15(11-13-16)18-9-5-4-8-17(18)14-6-2-1-3-7-14;/h1-13H;1H4. The lowest BCUT2D eigenvalue weighted by Gasteiger charge is -2.10. The molecule has 3 rings (SSSR count). The van der Waals surface area contributed by atoms with Crippen LogP contribution in [0.3, 0.4) is 0 Å². The summed E-state index contributed by atoms with van der Waals surface area (Å²) in [5, 5.41) is 0. The van der Waals surface area contributed by atoms with Crippen LogP contribution in [0.4, 0.5) is 0 Å². The highest BCUT2D eigenvalue weighted by Crippen LogP contribution is 2.32. The average molecular weight is 341 g/mol. The van der Waals surface area contributed by atoms with Gasteiger partial charge in [-0.1, -0.05) is 82.7 Å². The Morgan fingerprint density at radius 1 is 0.500 bits per heavy atom. The van der Waals surface area contributed by atoms with Crippen LogP contribution in [-0.4, -0.2) is 11.0 Å². The van der Waals surface area contributed by atoms with Crippen LogP contribution in [0.1, 0.15) is 0 Å². The van der Waals surface area contributed by atoms with E-state index in [0.717, 1.165) is 4.47 Å². The van der Waals surface area contributed by atoms with Crippen molar-refractivity contribution in [2.45, 2.75) is 0 Å². The SMILES string of the molecule is Brc1ccc(-c2ccccc2-c2ccccc2)cc1.[SiH4]. The normalized spacial score (nSPS) is 9.85. The van der Waals surface area contributed by atoms with Gasteiger partial charge in [0.05, 0.1) is 0 Å². The Kier molecular flexibility index (Phi) is 4.93. The van der Waals surface area contributed by atoms with E-state index in [1.54, 1.807) is 0 Å². The molecule has 3 aromatic rings. The maximum atomic E-state index is 3.48. The first-order valence-electron chi connectivity index (χ1n) is 6.25. The van der Waals surface area contributed by atoms with E-state index in [1.807, 2.05) is 6.07 Å². The van der Waals surface area contributed by atoms with Crippen LogP contribution < -0.4 is 0 Å². The van der Waals surface area contributed by atoms with E-state index in [4.69, 9.17) is 0 Å². The minimum atomic E-state index is 0. The topological polar surface area (TPSA) is 0 Å². The summed E-state index contributed by atoms with van der Waals surface area (Å²) in [6.07, 6.45) is 0. The van der Waals surface area contributed by atoms with Crippen LogP contribution in [0.2, 0.25) is 0 Å². The summed E-state index contributed by atoms with van der Waals surface area (Å²) in [5.74, 6) is 0. The van der Waals surface area contributed by atoms with Gasteiger partial charge in [-0.25, -0.2) is 0 Å². The fourth-order valence-electron chi connectivity index (χ4n) is 2.23. The van der Waals surface area contributed by atoms with E-state index in [2.05, 4.69) is 88.7 Å². The van der Waals surface area contributed by atoms with Gasteiger partial charge in [0, 0.05) is 4.47 Å². The first-order valence-corrected chi connectivity index (χ1v) is 7.04. The number of benzene rings is 3. The molecule has 0 aliphatic heterocycles. The van der Waals surface area contributed by atoms with E-state index in [-0.39, 0.29) is 11.0 Å². The quantitative estimate of drug-likeness (QED) is 0.609. The summed E-state index contributed by atoms with van der Waals surface area (Å²) in [7, 11) is 0. The van der Waals surface area contributed by atoms with Crippen molar-refractivity contribution in [3.8, 4) is 22.3 Å². The molecule has 0 unspecified atom stereocenters. The minimum Gasteiger partial charge on any atom is -0.0622 e. The average Bonchev–Trinajstić information content (AvgIpc) is 2.49. The van der Waals surface area contributed by atoms with Gasteiger partial charge in [0.25, 0.3) is 0 Å². The summed E-state index contributed by atoms with van der Waals surface area (Å²) in [4.78, 5) is 0. The van der Waals surface area contributed by atoms with Gasteiger partial charge in [-0.05, 0) is 45.4 Å². The van der Waals surface area contributed by atoms with E-state index < -0.39 is 0 Å². The zero-order valence-corrected chi connectivity index (χ0v) is 12.0. The van der Waals surface area contributed by atoms with Crippen molar-refractivity contribution in [2.24, 2.45) is 0 Å². The number of rotatable bonds is 2. The van der Waals surface area contributed by atoms with Crippen molar-refractivity contribution in [3.63, 3.8) is 0 Å². The van der Waals surface area contributed by atoms with Gasteiger partial charge in [0.15, 0.2) is 0 Å². The number of hydrogen-bond donors (Lipinski definition) is 0. The van der Waals surface area contributed by atoms with Gasteiger partial charge in [0.1, 0.15) is 0 Å². The molecule has 0 N–H and O–H groups in total. The molecule has 0 radical (unpaired) electrons. The fraction of sp³-hybridized carbons (Fsp3) is 0. The summed E-state index contributed by atoms with van der Waals surface area (Å²) >= 11 is 3.48. The van der Waals surface area contributed by atoms with Crippen LogP contribution >= 0.6 is 15.9 Å². The molecule has 100 valence electrons. The Morgan fingerprint density at radius 2 is 0.950 bits per heavy atom. The zero-order chi connectivity index (χ0) is 13.1. The molecule has 0 spiro atoms. The Labute approximate surface area is 132 Å². The van der Waals surface area contributed by atoms with E-state index in [1.165, 1.54) is 22.3 Å². The van der Waals surface area contributed by atoms with Gasteiger partial charge in [-0.2, -0.15) is 0 Å². The Balaban J connectivity index is 0.00000147. The minimum absolute atomic E-state index is 0. The molecule has 0 bridgehead atoms.